The lowest BCUT2D eigenvalue weighted by molar-refractivity contribution is -0.130. The van der Waals surface area contributed by atoms with Gasteiger partial charge in [-0.3, -0.25) is 9.79 Å². The molecule has 1 aromatic heterocycles. The number of carbonyl (C=O) groups excluding carboxylic acids is 1. The van der Waals surface area contributed by atoms with Crippen molar-refractivity contribution in [2.45, 2.75) is 20.3 Å². The summed E-state index contributed by atoms with van der Waals surface area (Å²) in [5, 5.41) is 5.45. The van der Waals surface area contributed by atoms with Gasteiger partial charge in [0.05, 0.1) is 0 Å². The number of guanidine groups is 1. The Morgan fingerprint density at radius 2 is 2.05 bits per heavy atom. The van der Waals surface area contributed by atoms with Crippen LogP contribution in [0, 0.1) is 0 Å². The molecule has 0 atom stereocenters. The van der Waals surface area contributed by atoms with E-state index in [2.05, 4.69) is 34.7 Å². The zero-order chi connectivity index (χ0) is 15.1. The number of hydrogen-bond donors (Lipinski definition) is 1. The summed E-state index contributed by atoms with van der Waals surface area (Å²) >= 11 is 1.78. The molecule has 0 saturated carbocycles. The van der Waals surface area contributed by atoms with E-state index in [1.54, 1.807) is 18.3 Å². The van der Waals surface area contributed by atoms with Crippen molar-refractivity contribution < 1.29 is 4.79 Å². The molecule has 1 aliphatic heterocycles. The van der Waals surface area contributed by atoms with Crippen LogP contribution in [0.15, 0.2) is 22.5 Å². The van der Waals surface area contributed by atoms with E-state index in [4.69, 9.17) is 4.99 Å². The minimum Gasteiger partial charge on any atom is -0.357 e. The Hall–Kier alpha value is -1.56. The van der Waals surface area contributed by atoms with Crippen molar-refractivity contribution in [1.82, 2.24) is 15.1 Å². The number of thiophene rings is 1. The van der Waals surface area contributed by atoms with Crippen LogP contribution in [-0.4, -0.2) is 60.9 Å². The van der Waals surface area contributed by atoms with Crippen LogP contribution in [0.1, 0.15) is 18.7 Å². The fourth-order valence-corrected chi connectivity index (χ4v) is 3.08. The van der Waals surface area contributed by atoms with Gasteiger partial charge in [-0.15, -0.1) is 11.3 Å². The van der Waals surface area contributed by atoms with E-state index in [9.17, 15) is 4.79 Å². The second-order valence-corrected chi connectivity index (χ2v) is 6.09. The van der Waals surface area contributed by atoms with Crippen LogP contribution in [0.2, 0.25) is 0 Å². The van der Waals surface area contributed by atoms with Gasteiger partial charge < -0.3 is 15.1 Å². The highest BCUT2D eigenvalue weighted by Gasteiger charge is 2.20. The number of amides is 1. The Bertz CT molecular complexity index is 464. The Kier molecular flexibility index (Phi) is 6.04. The normalized spacial score (nSPS) is 16.2. The van der Waals surface area contributed by atoms with Crippen molar-refractivity contribution in [3.8, 4) is 0 Å². The smallest absolute Gasteiger partial charge is 0.219 e. The minimum absolute atomic E-state index is 0.161. The summed E-state index contributed by atoms with van der Waals surface area (Å²) in [4.78, 5) is 21.6. The lowest BCUT2D eigenvalue weighted by atomic mass is 10.3. The minimum atomic E-state index is 0.161. The summed E-state index contributed by atoms with van der Waals surface area (Å²) in [6.07, 6.45) is 0.986. The topological polar surface area (TPSA) is 47.9 Å². The first-order valence-corrected chi connectivity index (χ1v) is 8.40. The summed E-state index contributed by atoms with van der Waals surface area (Å²) < 4.78 is 0. The average Bonchev–Trinajstić information content (AvgIpc) is 3.00. The van der Waals surface area contributed by atoms with Crippen LogP contribution in [0.4, 0.5) is 0 Å². The predicted octanol–water partition coefficient (Wildman–Crippen LogP) is 1.42. The van der Waals surface area contributed by atoms with Crippen LogP contribution < -0.4 is 5.32 Å². The van der Waals surface area contributed by atoms with E-state index >= 15 is 0 Å². The number of nitrogens with zero attached hydrogens (tertiary/aromatic N) is 3. The summed E-state index contributed by atoms with van der Waals surface area (Å²) in [5.41, 5.74) is 0. The van der Waals surface area contributed by atoms with Gasteiger partial charge in [0.25, 0.3) is 0 Å². The first-order chi connectivity index (χ1) is 10.2. The molecule has 2 heterocycles. The zero-order valence-corrected chi connectivity index (χ0v) is 13.7. The third-order valence-corrected chi connectivity index (χ3v) is 4.50. The van der Waals surface area contributed by atoms with Gasteiger partial charge in [-0.05, 0) is 18.4 Å². The largest absolute Gasteiger partial charge is 0.357 e. The molecule has 21 heavy (non-hydrogen) atoms. The van der Waals surface area contributed by atoms with E-state index in [0.717, 1.165) is 51.6 Å². The Balaban J connectivity index is 1.87. The van der Waals surface area contributed by atoms with Crippen molar-refractivity contribution >= 4 is 23.2 Å². The average molecular weight is 308 g/mol. The van der Waals surface area contributed by atoms with Crippen LogP contribution in [-0.2, 0) is 11.2 Å². The quantitative estimate of drug-likeness (QED) is 0.676. The Morgan fingerprint density at radius 1 is 1.33 bits per heavy atom. The molecule has 5 nitrogen and oxygen atoms in total. The molecule has 0 radical (unpaired) electrons. The van der Waals surface area contributed by atoms with Crippen LogP contribution in [0.5, 0.6) is 0 Å². The molecule has 1 N–H and O–H groups in total. The van der Waals surface area contributed by atoms with Crippen molar-refractivity contribution in [3.63, 3.8) is 0 Å². The zero-order valence-electron chi connectivity index (χ0n) is 12.8. The van der Waals surface area contributed by atoms with Gasteiger partial charge in [-0.1, -0.05) is 6.07 Å². The fourth-order valence-electron chi connectivity index (χ4n) is 2.39. The second-order valence-electron chi connectivity index (χ2n) is 5.06. The number of piperazine rings is 1. The van der Waals surface area contributed by atoms with Crippen LogP contribution in [0.25, 0.3) is 0 Å². The summed E-state index contributed by atoms with van der Waals surface area (Å²) in [7, 11) is 0. The van der Waals surface area contributed by atoms with Gasteiger partial charge in [0.2, 0.25) is 5.91 Å². The van der Waals surface area contributed by atoms with Gasteiger partial charge in [-0.2, -0.15) is 0 Å². The predicted molar refractivity (Wildman–Crippen MR) is 87.8 cm³/mol. The number of nitrogens with one attached hydrogen (secondary N) is 1. The number of aliphatic imine (C=N–C) groups is 1. The van der Waals surface area contributed by atoms with Gasteiger partial charge in [-0.25, -0.2) is 0 Å². The van der Waals surface area contributed by atoms with E-state index in [0.29, 0.717) is 0 Å². The maximum atomic E-state index is 11.4. The molecule has 2 rings (SSSR count). The third kappa shape index (κ3) is 4.74. The maximum absolute atomic E-state index is 11.4. The van der Waals surface area contributed by atoms with Gasteiger partial charge in [0.15, 0.2) is 5.96 Å². The lowest BCUT2D eigenvalue weighted by Gasteiger charge is -2.36. The molecule has 1 amide bonds. The molecule has 0 aromatic carbocycles. The second kappa shape index (κ2) is 8.02. The number of hydrogen-bond acceptors (Lipinski definition) is 3. The van der Waals surface area contributed by atoms with E-state index in [1.165, 1.54) is 4.88 Å². The van der Waals surface area contributed by atoms with Crippen molar-refractivity contribution in [1.29, 1.82) is 0 Å². The Morgan fingerprint density at radius 3 is 2.62 bits per heavy atom. The lowest BCUT2D eigenvalue weighted by Crippen LogP contribution is -2.53. The van der Waals surface area contributed by atoms with E-state index < -0.39 is 0 Å². The highest BCUT2D eigenvalue weighted by Crippen LogP contribution is 2.09. The van der Waals surface area contributed by atoms with Crippen molar-refractivity contribution in [3.05, 3.63) is 22.4 Å². The van der Waals surface area contributed by atoms with Gasteiger partial charge >= 0.3 is 0 Å². The highest BCUT2D eigenvalue weighted by atomic mass is 32.1. The first kappa shape index (κ1) is 15.8. The van der Waals surface area contributed by atoms with Crippen LogP contribution in [0.3, 0.4) is 0 Å². The highest BCUT2D eigenvalue weighted by molar-refractivity contribution is 7.09. The molecular formula is C15H24N4OS. The standard InChI is InChI=1S/C15H24N4OS/c1-3-16-15(17-7-6-14-5-4-12-21-14)19-10-8-18(9-11-19)13(2)20/h4-5,12H,3,6-11H2,1-2H3,(H,16,17). The summed E-state index contributed by atoms with van der Waals surface area (Å²) in [6.45, 7) is 8.65. The number of carbonyl (C=O) groups is 1. The molecule has 0 aliphatic carbocycles. The van der Waals surface area contributed by atoms with Gasteiger partial charge in [0, 0.05) is 57.5 Å². The molecule has 0 unspecified atom stereocenters. The molecule has 1 aliphatic rings. The Labute approximate surface area is 130 Å². The summed E-state index contributed by atoms with van der Waals surface area (Å²) in [5.74, 6) is 1.13. The first-order valence-electron chi connectivity index (χ1n) is 7.52. The van der Waals surface area contributed by atoms with Crippen LogP contribution >= 0.6 is 11.3 Å². The molecule has 1 aromatic rings. The van der Waals surface area contributed by atoms with E-state index in [-0.39, 0.29) is 5.91 Å². The summed E-state index contributed by atoms with van der Waals surface area (Å²) in [6, 6.07) is 4.23. The maximum Gasteiger partial charge on any atom is 0.219 e. The molecule has 0 spiro atoms. The third-order valence-electron chi connectivity index (χ3n) is 3.56. The molecule has 116 valence electrons. The molecule has 1 fully saturated rings. The fraction of sp³-hybridized carbons (Fsp3) is 0.600. The number of rotatable bonds is 4. The molecule has 1 saturated heterocycles. The molecule has 0 bridgehead atoms. The van der Waals surface area contributed by atoms with Gasteiger partial charge in [0.1, 0.15) is 0 Å². The molecule has 6 heteroatoms. The molecular weight excluding hydrogens is 284 g/mol. The monoisotopic (exact) mass is 308 g/mol. The van der Waals surface area contributed by atoms with Crippen molar-refractivity contribution in [2.24, 2.45) is 4.99 Å². The van der Waals surface area contributed by atoms with Crippen molar-refractivity contribution in [2.75, 3.05) is 39.3 Å². The van der Waals surface area contributed by atoms with E-state index in [1.807, 2.05) is 4.90 Å². The SMILES string of the molecule is CCNC(=NCCc1cccs1)N1CCN(C(C)=O)CC1.